The average molecular weight is 638 g/mol. The van der Waals surface area contributed by atoms with Crippen LogP contribution in [-0.4, -0.2) is 0 Å². The maximum atomic E-state index is 6.49. The summed E-state index contributed by atoms with van der Waals surface area (Å²) in [4.78, 5) is 2.37. The van der Waals surface area contributed by atoms with Gasteiger partial charge in [0, 0.05) is 27.7 Å². The van der Waals surface area contributed by atoms with Crippen LogP contribution in [0.4, 0.5) is 17.1 Å². The molecular weight excluding hydrogens is 607 g/mol. The minimum absolute atomic E-state index is 0.890. The van der Waals surface area contributed by atoms with Crippen LogP contribution in [-0.2, 0) is 0 Å². The van der Waals surface area contributed by atoms with Crippen molar-refractivity contribution >= 4 is 71.3 Å². The topological polar surface area (TPSA) is 16.4 Å². The number of benzene rings is 9. The van der Waals surface area contributed by atoms with E-state index in [4.69, 9.17) is 4.42 Å². The Hall–Kier alpha value is -6.64. The number of furan rings is 1. The first-order chi connectivity index (χ1) is 24.8. The Morgan fingerprint density at radius 1 is 0.340 bits per heavy atom. The molecule has 10 aromatic rings. The van der Waals surface area contributed by atoms with E-state index in [-0.39, 0.29) is 0 Å². The van der Waals surface area contributed by atoms with E-state index in [2.05, 4.69) is 193 Å². The Balaban J connectivity index is 1.15. The lowest BCUT2D eigenvalue weighted by Crippen LogP contribution is -2.11. The Morgan fingerprint density at radius 3 is 1.78 bits per heavy atom. The van der Waals surface area contributed by atoms with E-state index in [9.17, 15) is 0 Å². The first-order valence-electron chi connectivity index (χ1n) is 17.1. The van der Waals surface area contributed by atoms with Gasteiger partial charge in [0.2, 0.25) is 0 Å². The van der Waals surface area contributed by atoms with Crippen LogP contribution in [0.1, 0.15) is 0 Å². The van der Waals surface area contributed by atoms with Crippen LogP contribution in [0.15, 0.2) is 192 Å². The van der Waals surface area contributed by atoms with Gasteiger partial charge in [0.05, 0.1) is 5.69 Å². The first kappa shape index (κ1) is 28.4. The molecule has 0 bridgehead atoms. The van der Waals surface area contributed by atoms with Gasteiger partial charge in [-0.2, -0.15) is 0 Å². The van der Waals surface area contributed by atoms with Crippen LogP contribution in [0.5, 0.6) is 0 Å². The van der Waals surface area contributed by atoms with Crippen LogP contribution < -0.4 is 4.90 Å². The Labute approximate surface area is 290 Å². The van der Waals surface area contributed by atoms with Crippen molar-refractivity contribution in [2.45, 2.75) is 0 Å². The summed E-state index contributed by atoms with van der Waals surface area (Å²) >= 11 is 0. The molecule has 9 aromatic carbocycles. The van der Waals surface area contributed by atoms with Crippen LogP contribution >= 0.6 is 0 Å². The zero-order valence-corrected chi connectivity index (χ0v) is 27.3. The highest BCUT2D eigenvalue weighted by molar-refractivity contribution is 6.17. The number of para-hydroxylation sites is 2. The minimum Gasteiger partial charge on any atom is -0.456 e. The number of fused-ring (bicyclic) bond motifs is 7. The van der Waals surface area contributed by atoms with Crippen molar-refractivity contribution in [1.82, 2.24) is 0 Å². The summed E-state index contributed by atoms with van der Waals surface area (Å²) in [7, 11) is 0. The van der Waals surface area contributed by atoms with E-state index < -0.39 is 0 Å². The molecule has 0 saturated carbocycles. The minimum atomic E-state index is 0.890. The van der Waals surface area contributed by atoms with Crippen molar-refractivity contribution in [3.63, 3.8) is 0 Å². The molecule has 0 spiro atoms. The summed E-state index contributed by atoms with van der Waals surface area (Å²) in [6.07, 6.45) is 0. The number of hydrogen-bond donors (Lipinski definition) is 0. The van der Waals surface area contributed by atoms with E-state index in [0.29, 0.717) is 0 Å². The highest BCUT2D eigenvalue weighted by atomic mass is 16.3. The molecule has 0 unspecified atom stereocenters. The third kappa shape index (κ3) is 4.57. The number of nitrogens with zero attached hydrogens (tertiary/aromatic N) is 1. The second-order valence-corrected chi connectivity index (χ2v) is 12.9. The molecule has 0 atom stereocenters. The van der Waals surface area contributed by atoms with Crippen LogP contribution in [0.2, 0.25) is 0 Å². The number of rotatable bonds is 5. The maximum absolute atomic E-state index is 6.49. The molecule has 2 heteroatoms. The van der Waals surface area contributed by atoms with Crippen LogP contribution in [0.3, 0.4) is 0 Å². The molecule has 1 aromatic heterocycles. The third-order valence-electron chi connectivity index (χ3n) is 10.0. The van der Waals surface area contributed by atoms with Crippen LogP contribution in [0.25, 0.3) is 76.5 Å². The second-order valence-electron chi connectivity index (χ2n) is 12.9. The Bertz CT molecular complexity index is 2870. The van der Waals surface area contributed by atoms with E-state index in [1.165, 1.54) is 43.4 Å². The van der Waals surface area contributed by atoms with Gasteiger partial charge in [0.1, 0.15) is 11.2 Å². The van der Waals surface area contributed by atoms with Gasteiger partial charge in [-0.25, -0.2) is 0 Å². The fourth-order valence-electron chi connectivity index (χ4n) is 7.72. The summed E-state index contributed by atoms with van der Waals surface area (Å²) in [5.74, 6) is 0. The van der Waals surface area contributed by atoms with E-state index in [1.54, 1.807) is 0 Å². The Morgan fingerprint density at radius 2 is 0.960 bits per heavy atom. The molecule has 0 radical (unpaired) electrons. The van der Waals surface area contributed by atoms with Gasteiger partial charge < -0.3 is 9.32 Å². The molecule has 234 valence electrons. The molecule has 0 amide bonds. The predicted octanol–water partition coefficient (Wildman–Crippen LogP) is 13.8. The summed E-state index contributed by atoms with van der Waals surface area (Å²) in [6.45, 7) is 0. The lowest BCUT2D eigenvalue weighted by Gasteiger charge is -2.28. The van der Waals surface area contributed by atoms with E-state index in [0.717, 1.165) is 50.1 Å². The van der Waals surface area contributed by atoms with Crippen molar-refractivity contribution in [3.8, 4) is 22.3 Å². The van der Waals surface area contributed by atoms with E-state index >= 15 is 0 Å². The van der Waals surface area contributed by atoms with Gasteiger partial charge in [0.25, 0.3) is 0 Å². The molecule has 0 N–H and O–H groups in total. The van der Waals surface area contributed by atoms with Crippen molar-refractivity contribution < 1.29 is 4.42 Å². The summed E-state index contributed by atoms with van der Waals surface area (Å²) in [5.41, 5.74) is 9.80. The smallest absolute Gasteiger partial charge is 0.136 e. The fraction of sp³-hybridized carbons (Fsp3) is 0. The monoisotopic (exact) mass is 637 g/mol. The molecule has 0 aliphatic heterocycles. The predicted molar refractivity (Wildman–Crippen MR) is 212 cm³/mol. The quantitative estimate of drug-likeness (QED) is 0.175. The van der Waals surface area contributed by atoms with Crippen molar-refractivity contribution in [2.75, 3.05) is 4.90 Å². The summed E-state index contributed by atoms with van der Waals surface area (Å²) in [5, 5.41) is 9.71. The fourth-order valence-corrected chi connectivity index (χ4v) is 7.72. The largest absolute Gasteiger partial charge is 0.456 e. The van der Waals surface area contributed by atoms with Gasteiger partial charge in [0.15, 0.2) is 0 Å². The van der Waals surface area contributed by atoms with Crippen molar-refractivity contribution in [2.24, 2.45) is 0 Å². The zero-order chi connectivity index (χ0) is 33.0. The molecule has 2 nitrogen and oxygen atoms in total. The third-order valence-corrected chi connectivity index (χ3v) is 10.0. The van der Waals surface area contributed by atoms with Crippen molar-refractivity contribution in [3.05, 3.63) is 188 Å². The number of anilines is 3. The van der Waals surface area contributed by atoms with Gasteiger partial charge in [-0.1, -0.05) is 133 Å². The SMILES string of the molecule is c1ccc(N(c2ccc(-c3cc4ccccc4c4ccccc34)cc2)c2ccccc2-c2cccc3oc4cc5ccccc5cc4c23)cc1. The summed E-state index contributed by atoms with van der Waals surface area (Å²) in [6, 6.07) is 67.5. The molecule has 0 fully saturated rings. The summed E-state index contributed by atoms with van der Waals surface area (Å²) < 4.78 is 6.49. The molecule has 1 heterocycles. The highest BCUT2D eigenvalue weighted by Gasteiger charge is 2.21. The Kier molecular flexibility index (Phi) is 6.53. The molecule has 0 aliphatic carbocycles. The number of hydrogen-bond acceptors (Lipinski definition) is 2. The lowest BCUT2D eigenvalue weighted by atomic mass is 9.93. The average Bonchev–Trinajstić information content (AvgIpc) is 3.55. The zero-order valence-electron chi connectivity index (χ0n) is 27.3. The van der Waals surface area contributed by atoms with Gasteiger partial charge in [-0.3, -0.25) is 0 Å². The van der Waals surface area contributed by atoms with Crippen LogP contribution in [0, 0.1) is 0 Å². The standard InChI is InChI=1S/C48H31NO/c1-2-16-36(17-3-1)49(37-27-25-32(26-28-37)43-30-35-15-6-7-18-38(35)39-19-8-9-20-40(39)43)45-23-11-10-21-41(45)42-22-12-24-46-48(42)44-29-33-13-4-5-14-34(33)31-47(44)50-46/h1-31H. The first-order valence-corrected chi connectivity index (χ1v) is 17.1. The molecule has 50 heavy (non-hydrogen) atoms. The normalized spacial score (nSPS) is 11.6. The van der Waals surface area contributed by atoms with Gasteiger partial charge in [-0.15, -0.1) is 0 Å². The lowest BCUT2D eigenvalue weighted by molar-refractivity contribution is 0.669. The van der Waals surface area contributed by atoms with Crippen molar-refractivity contribution in [1.29, 1.82) is 0 Å². The van der Waals surface area contributed by atoms with Gasteiger partial charge >= 0.3 is 0 Å². The molecular formula is C48H31NO. The second kappa shape index (κ2) is 11.5. The molecule has 0 aliphatic rings. The highest BCUT2D eigenvalue weighted by Crippen LogP contribution is 2.45. The van der Waals surface area contributed by atoms with Gasteiger partial charge in [-0.05, 0) is 104 Å². The molecule has 0 saturated heterocycles. The molecule has 10 rings (SSSR count). The maximum Gasteiger partial charge on any atom is 0.136 e. The van der Waals surface area contributed by atoms with E-state index in [1.807, 2.05) is 0 Å².